The minimum absolute atomic E-state index is 0.0139. The van der Waals surface area contributed by atoms with Gasteiger partial charge in [-0.2, -0.15) is 0 Å². The molecule has 0 aliphatic rings. The van der Waals surface area contributed by atoms with Crippen LogP contribution in [-0.2, 0) is 4.79 Å². The van der Waals surface area contributed by atoms with E-state index in [0.717, 1.165) is 20.8 Å². The number of carbonyl (C=O) groups is 1. The number of nitrogens with zero attached hydrogens (tertiary/aromatic N) is 2. The van der Waals surface area contributed by atoms with Gasteiger partial charge in [0.25, 0.3) is 0 Å². The predicted molar refractivity (Wildman–Crippen MR) is 85.9 cm³/mol. The van der Waals surface area contributed by atoms with Crippen LogP contribution in [0.15, 0.2) is 38.6 Å². The highest BCUT2D eigenvalue weighted by molar-refractivity contribution is 9.10. The maximum atomic E-state index is 12.0. The molecule has 0 aliphatic heterocycles. The summed E-state index contributed by atoms with van der Waals surface area (Å²) in [7, 11) is 0. The number of aromatic nitrogens is 2. The van der Waals surface area contributed by atoms with Gasteiger partial charge in [-0.05, 0) is 24.1 Å². The van der Waals surface area contributed by atoms with Gasteiger partial charge in [0.1, 0.15) is 5.51 Å². The molecule has 4 nitrogen and oxygen atoms in total. The van der Waals surface area contributed by atoms with Crippen LogP contribution in [0.4, 0.5) is 0 Å². The molecule has 1 aromatic carbocycles. The first-order valence-electron chi connectivity index (χ1n) is 6.13. The number of halogens is 1. The van der Waals surface area contributed by atoms with Gasteiger partial charge in [-0.25, -0.2) is 0 Å². The normalized spacial score (nSPS) is 12.1. The van der Waals surface area contributed by atoms with E-state index < -0.39 is 0 Å². The molecular formula is C13H14BrN3OS2. The summed E-state index contributed by atoms with van der Waals surface area (Å²) in [4.78, 5) is 12.0. The van der Waals surface area contributed by atoms with E-state index in [0.29, 0.717) is 5.75 Å². The second-order valence-corrected chi connectivity index (χ2v) is 7.04. The number of nitrogens with one attached hydrogen (secondary N) is 1. The molecule has 2 rings (SSSR count). The van der Waals surface area contributed by atoms with Gasteiger partial charge in [0, 0.05) is 4.47 Å². The SMILES string of the molecule is CCC(NC(=O)CSc1nncs1)c1ccc(Br)cc1. The lowest BCUT2D eigenvalue weighted by Crippen LogP contribution is -2.29. The molecule has 2 aromatic rings. The Hall–Kier alpha value is -0.920. The topological polar surface area (TPSA) is 54.9 Å². The lowest BCUT2D eigenvalue weighted by atomic mass is 10.0. The van der Waals surface area contributed by atoms with Crippen molar-refractivity contribution in [3.8, 4) is 0 Å². The molecule has 0 fully saturated rings. The summed E-state index contributed by atoms with van der Waals surface area (Å²) < 4.78 is 1.85. The van der Waals surface area contributed by atoms with Gasteiger partial charge >= 0.3 is 0 Å². The molecule has 7 heteroatoms. The molecule has 0 aliphatic carbocycles. The zero-order valence-electron chi connectivity index (χ0n) is 10.9. The summed E-state index contributed by atoms with van der Waals surface area (Å²) in [5, 5.41) is 10.7. The van der Waals surface area contributed by atoms with E-state index in [1.165, 1.54) is 23.1 Å². The van der Waals surface area contributed by atoms with Crippen molar-refractivity contribution in [2.24, 2.45) is 0 Å². The maximum Gasteiger partial charge on any atom is 0.230 e. The first-order chi connectivity index (χ1) is 9.69. The minimum Gasteiger partial charge on any atom is -0.349 e. The quantitative estimate of drug-likeness (QED) is 0.787. The smallest absolute Gasteiger partial charge is 0.230 e. The van der Waals surface area contributed by atoms with Crippen LogP contribution in [-0.4, -0.2) is 21.9 Å². The van der Waals surface area contributed by atoms with Crippen molar-refractivity contribution in [1.82, 2.24) is 15.5 Å². The largest absolute Gasteiger partial charge is 0.349 e. The summed E-state index contributed by atoms with van der Waals surface area (Å²) in [5.41, 5.74) is 2.78. The highest BCUT2D eigenvalue weighted by Gasteiger charge is 2.13. The van der Waals surface area contributed by atoms with E-state index in [1.807, 2.05) is 24.3 Å². The first-order valence-corrected chi connectivity index (χ1v) is 8.78. The number of rotatable bonds is 6. The summed E-state index contributed by atoms with van der Waals surface area (Å²) >= 11 is 6.27. The summed E-state index contributed by atoms with van der Waals surface area (Å²) in [6.45, 7) is 2.06. The second kappa shape index (κ2) is 7.75. The fourth-order valence-electron chi connectivity index (χ4n) is 1.71. The van der Waals surface area contributed by atoms with E-state index >= 15 is 0 Å². The fraction of sp³-hybridized carbons (Fsp3) is 0.308. The fourth-order valence-corrected chi connectivity index (χ4v) is 3.27. The minimum atomic E-state index is 0.0139. The summed E-state index contributed by atoms with van der Waals surface area (Å²) in [6, 6.07) is 8.07. The monoisotopic (exact) mass is 371 g/mol. The average Bonchev–Trinajstić information content (AvgIpc) is 2.97. The molecule has 0 bridgehead atoms. The third-order valence-electron chi connectivity index (χ3n) is 2.68. The van der Waals surface area contributed by atoms with Crippen molar-refractivity contribution in [2.45, 2.75) is 23.7 Å². The Morgan fingerprint density at radius 2 is 2.20 bits per heavy atom. The molecule has 0 radical (unpaired) electrons. The van der Waals surface area contributed by atoms with Crippen molar-refractivity contribution >= 4 is 44.9 Å². The van der Waals surface area contributed by atoms with Gasteiger partial charge < -0.3 is 5.32 Å². The van der Waals surface area contributed by atoms with Crippen LogP contribution in [0.25, 0.3) is 0 Å². The van der Waals surface area contributed by atoms with Crippen molar-refractivity contribution < 1.29 is 4.79 Å². The Morgan fingerprint density at radius 1 is 1.45 bits per heavy atom. The Balaban J connectivity index is 1.89. The molecule has 1 unspecified atom stereocenters. The Bertz CT molecular complexity index is 545. The van der Waals surface area contributed by atoms with Crippen LogP contribution in [0.2, 0.25) is 0 Å². The number of carbonyl (C=O) groups excluding carboxylic acids is 1. The van der Waals surface area contributed by atoms with Gasteiger partial charge in [0.15, 0.2) is 4.34 Å². The second-order valence-electron chi connectivity index (χ2n) is 4.07. The highest BCUT2D eigenvalue weighted by atomic mass is 79.9. The highest BCUT2D eigenvalue weighted by Crippen LogP contribution is 2.21. The third kappa shape index (κ3) is 4.57. The van der Waals surface area contributed by atoms with Gasteiger partial charge in [-0.15, -0.1) is 10.2 Å². The molecule has 20 heavy (non-hydrogen) atoms. The van der Waals surface area contributed by atoms with Gasteiger partial charge in [0.05, 0.1) is 11.8 Å². The summed E-state index contributed by atoms with van der Waals surface area (Å²) in [6.07, 6.45) is 0.858. The molecule has 0 saturated heterocycles. The molecule has 0 spiro atoms. The van der Waals surface area contributed by atoms with Gasteiger partial charge in [-0.3, -0.25) is 4.79 Å². The molecule has 1 atom stereocenters. The van der Waals surface area contributed by atoms with E-state index in [4.69, 9.17) is 0 Å². The molecule has 106 valence electrons. The van der Waals surface area contributed by atoms with E-state index in [2.05, 4.69) is 38.4 Å². The lowest BCUT2D eigenvalue weighted by molar-refractivity contribution is -0.119. The zero-order chi connectivity index (χ0) is 14.4. The van der Waals surface area contributed by atoms with Crippen molar-refractivity contribution in [2.75, 3.05) is 5.75 Å². The number of hydrogen-bond acceptors (Lipinski definition) is 5. The number of benzene rings is 1. The predicted octanol–water partition coefficient (Wildman–Crippen LogP) is 3.66. The molecule has 1 heterocycles. The third-order valence-corrected chi connectivity index (χ3v) is 5.07. The van der Waals surface area contributed by atoms with E-state index in [1.54, 1.807) is 5.51 Å². The van der Waals surface area contributed by atoms with Crippen LogP contribution in [0.1, 0.15) is 24.9 Å². The molecular weight excluding hydrogens is 358 g/mol. The maximum absolute atomic E-state index is 12.0. The number of thioether (sulfide) groups is 1. The zero-order valence-corrected chi connectivity index (χ0v) is 14.1. The Kier molecular flexibility index (Phi) is 6.00. The average molecular weight is 372 g/mol. The van der Waals surface area contributed by atoms with E-state index in [-0.39, 0.29) is 11.9 Å². The van der Waals surface area contributed by atoms with Crippen LogP contribution in [0.3, 0.4) is 0 Å². The van der Waals surface area contributed by atoms with Gasteiger partial charge in [-0.1, -0.05) is 58.1 Å². The van der Waals surface area contributed by atoms with Crippen molar-refractivity contribution in [3.63, 3.8) is 0 Å². The molecule has 1 aromatic heterocycles. The van der Waals surface area contributed by atoms with Crippen LogP contribution in [0.5, 0.6) is 0 Å². The van der Waals surface area contributed by atoms with Crippen molar-refractivity contribution in [3.05, 3.63) is 39.8 Å². The Morgan fingerprint density at radius 3 is 2.80 bits per heavy atom. The molecule has 1 amide bonds. The molecule has 0 saturated carbocycles. The van der Waals surface area contributed by atoms with Gasteiger partial charge in [0.2, 0.25) is 5.91 Å². The van der Waals surface area contributed by atoms with E-state index in [9.17, 15) is 4.79 Å². The number of hydrogen-bond donors (Lipinski definition) is 1. The number of amides is 1. The van der Waals surface area contributed by atoms with Crippen LogP contribution < -0.4 is 5.32 Å². The molecule has 1 N–H and O–H groups in total. The Labute approximate surface area is 134 Å². The standard InChI is InChI=1S/C13H14BrN3OS2/c1-2-11(9-3-5-10(14)6-4-9)16-12(18)7-19-13-17-15-8-20-13/h3-6,8,11H,2,7H2,1H3,(H,16,18). The van der Waals surface area contributed by atoms with Crippen molar-refractivity contribution in [1.29, 1.82) is 0 Å². The summed E-state index contributed by atoms with van der Waals surface area (Å²) in [5.74, 6) is 0.377. The lowest BCUT2D eigenvalue weighted by Gasteiger charge is -2.17. The van der Waals surface area contributed by atoms with Crippen LogP contribution >= 0.6 is 39.0 Å². The van der Waals surface area contributed by atoms with Crippen LogP contribution in [0, 0.1) is 0 Å². The first kappa shape index (κ1) is 15.5.